The zero-order valence-corrected chi connectivity index (χ0v) is 15.8. The lowest BCUT2D eigenvalue weighted by molar-refractivity contribution is 0.102. The van der Waals surface area contributed by atoms with E-state index >= 15 is 0 Å². The van der Waals surface area contributed by atoms with Gasteiger partial charge in [0, 0.05) is 17.8 Å². The van der Waals surface area contributed by atoms with Gasteiger partial charge < -0.3 is 10.6 Å². The number of nitrogens with zero attached hydrogens (tertiary/aromatic N) is 1. The van der Waals surface area contributed by atoms with Crippen LogP contribution in [0.4, 0.5) is 10.1 Å². The van der Waals surface area contributed by atoms with Crippen molar-refractivity contribution in [1.29, 1.82) is 0 Å². The van der Waals surface area contributed by atoms with Crippen molar-refractivity contribution in [3.05, 3.63) is 45.2 Å². The Kier molecular flexibility index (Phi) is 7.60. The van der Waals surface area contributed by atoms with E-state index < -0.39 is 0 Å². The Labute approximate surface area is 157 Å². The SMILES string of the molecule is CC(C)c1nc(C(=O)Nc2ccc3c(c2F)CCNC3)cs1.Cl.Cl. The quantitative estimate of drug-likeness (QED) is 0.825. The molecule has 0 saturated heterocycles. The maximum absolute atomic E-state index is 14.5. The van der Waals surface area contributed by atoms with E-state index in [9.17, 15) is 9.18 Å². The molecule has 1 aliphatic rings. The number of hydrogen-bond donors (Lipinski definition) is 2. The average Bonchev–Trinajstić information content (AvgIpc) is 3.00. The first-order valence-electron chi connectivity index (χ1n) is 7.34. The molecule has 0 spiro atoms. The molecule has 24 heavy (non-hydrogen) atoms. The molecule has 0 saturated carbocycles. The van der Waals surface area contributed by atoms with E-state index in [1.165, 1.54) is 11.3 Å². The summed E-state index contributed by atoms with van der Waals surface area (Å²) in [7, 11) is 0. The Morgan fingerprint density at radius 2 is 2.12 bits per heavy atom. The number of amides is 1. The molecule has 0 unspecified atom stereocenters. The van der Waals surface area contributed by atoms with Crippen LogP contribution in [0.2, 0.25) is 0 Å². The number of anilines is 1. The summed E-state index contributed by atoms with van der Waals surface area (Å²) in [4.78, 5) is 16.5. The van der Waals surface area contributed by atoms with Crippen LogP contribution in [0.1, 0.15) is 46.4 Å². The van der Waals surface area contributed by atoms with Crippen molar-refractivity contribution >= 4 is 47.7 Å². The lowest BCUT2D eigenvalue weighted by Crippen LogP contribution is -2.25. The van der Waals surface area contributed by atoms with Crippen LogP contribution in [0.3, 0.4) is 0 Å². The number of hydrogen-bond acceptors (Lipinski definition) is 4. The number of aromatic nitrogens is 1. The van der Waals surface area contributed by atoms with Gasteiger partial charge in [-0.2, -0.15) is 0 Å². The molecule has 0 radical (unpaired) electrons. The summed E-state index contributed by atoms with van der Waals surface area (Å²) in [6, 6.07) is 3.48. The Bertz CT molecular complexity index is 721. The molecule has 0 aliphatic carbocycles. The van der Waals surface area contributed by atoms with E-state index in [-0.39, 0.29) is 48.1 Å². The molecular weight excluding hydrogens is 372 g/mol. The molecule has 0 fully saturated rings. The van der Waals surface area contributed by atoms with E-state index in [2.05, 4.69) is 15.6 Å². The molecular formula is C16H20Cl2FN3OS. The van der Waals surface area contributed by atoms with Gasteiger partial charge >= 0.3 is 0 Å². The third-order valence-corrected chi connectivity index (χ3v) is 4.85. The summed E-state index contributed by atoms with van der Waals surface area (Å²) in [5.74, 6) is -0.415. The minimum absolute atomic E-state index is 0. The maximum Gasteiger partial charge on any atom is 0.275 e. The zero-order chi connectivity index (χ0) is 15.7. The van der Waals surface area contributed by atoms with E-state index in [0.717, 1.165) is 17.1 Å². The van der Waals surface area contributed by atoms with E-state index in [1.54, 1.807) is 11.4 Å². The van der Waals surface area contributed by atoms with Crippen LogP contribution < -0.4 is 10.6 Å². The van der Waals surface area contributed by atoms with Crippen molar-refractivity contribution in [2.75, 3.05) is 11.9 Å². The maximum atomic E-state index is 14.5. The first-order valence-corrected chi connectivity index (χ1v) is 8.22. The molecule has 0 atom stereocenters. The van der Waals surface area contributed by atoms with E-state index in [4.69, 9.17) is 0 Å². The highest BCUT2D eigenvalue weighted by atomic mass is 35.5. The predicted molar refractivity (Wildman–Crippen MR) is 100 cm³/mol. The van der Waals surface area contributed by atoms with Crippen LogP contribution >= 0.6 is 36.2 Å². The fraction of sp³-hybridized carbons (Fsp3) is 0.375. The summed E-state index contributed by atoms with van der Waals surface area (Å²) in [5.41, 5.74) is 2.22. The topological polar surface area (TPSA) is 54.0 Å². The lowest BCUT2D eigenvalue weighted by Gasteiger charge is -2.19. The molecule has 1 aromatic heterocycles. The molecule has 8 heteroatoms. The molecule has 1 aliphatic heterocycles. The second kappa shape index (κ2) is 8.76. The van der Waals surface area contributed by atoms with Crippen molar-refractivity contribution in [2.45, 2.75) is 32.7 Å². The van der Waals surface area contributed by atoms with Gasteiger partial charge in [0.05, 0.1) is 10.7 Å². The summed E-state index contributed by atoms with van der Waals surface area (Å²) < 4.78 is 14.5. The molecule has 132 valence electrons. The van der Waals surface area contributed by atoms with Crippen molar-refractivity contribution in [3.8, 4) is 0 Å². The number of rotatable bonds is 3. The number of carbonyl (C=O) groups excluding carboxylic acids is 1. The summed E-state index contributed by atoms with van der Waals surface area (Å²) >= 11 is 1.45. The minimum atomic E-state index is -0.365. The van der Waals surface area contributed by atoms with Crippen LogP contribution in [0, 0.1) is 5.82 Å². The number of halogens is 3. The summed E-state index contributed by atoms with van der Waals surface area (Å²) in [5, 5.41) is 8.46. The van der Waals surface area contributed by atoms with Gasteiger partial charge in [-0.3, -0.25) is 4.79 Å². The van der Waals surface area contributed by atoms with Gasteiger partial charge in [-0.15, -0.1) is 36.2 Å². The second-order valence-corrected chi connectivity index (χ2v) is 6.56. The molecule has 0 bridgehead atoms. The highest BCUT2D eigenvalue weighted by Gasteiger charge is 2.19. The number of thiazole rings is 1. The number of nitrogens with one attached hydrogen (secondary N) is 2. The molecule has 2 N–H and O–H groups in total. The first-order chi connectivity index (χ1) is 10.6. The number of carbonyl (C=O) groups is 1. The van der Waals surface area contributed by atoms with Crippen LogP contribution in [0.25, 0.3) is 0 Å². The van der Waals surface area contributed by atoms with E-state index in [1.807, 2.05) is 19.9 Å². The lowest BCUT2D eigenvalue weighted by atomic mass is 9.99. The Balaban J connectivity index is 0.00000144. The fourth-order valence-corrected chi connectivity index (χ4v) is 3.29. The number of benzene rings is 1. The van der Waals surface area contributed by atoms with Crippen molar-refractivity contribution in [3.63, 3.8) is 0 Å². The van der Waals surface area contributed by atoms with Crippen LogP contribution in [0.5, 0.6) is 0 Å². The van der Waals surface area contributed by atoms with Gasteiger partial charge in [0.1, 0.15) is 11.5 Å². The molecule has 2 heterocycles. The predicted octanol–water partition coefficient (Wildman–Crippen LogP) is 4.15. The minimum Gasteiger partial charge on any atom is -0.318 e. The second-order valence-electron chi connectivity index (χ2n) is 5.67. The van der Waals surface area contributed by atoms with Gasteiger partial charge in [-0.05, 0) is 30.2 Å². The molecule has 3 rings (SSSR count). The Morgan fingerprint density at radius 1 is 1.38 bits per heavy atom. The van der Waals surface area contributed by atoms with Gasteiger partial charge in [0.15, 0.2) is 0 Å². The van der Waals surface area contributed by atoms with Crippen molar-refractivity contribution < 1.29 is 9.18 Å². The average molecular weight is 392 g/mol. The standard InChI is InChI=1S/C16H18FN3OS.2ClH/c1-9(2)16-20-13(8-22-16)15(21)19-12-4-3-10-7-18-6-5-11(10)14(12)17;;/h3-4,8-9,18H,5-7H2,1-2H3,(H,19,21);2*1H. The van der Waals surface area contributed by atoms with Crippen LogP contribution in [-0.4, -0.2) is 17.4 Å². The highest BCUT2D eigenvalue weighted by molar-refractivity contribution is 7.09. The highest BCUT2D eigenvalue weighted by Crippen LogP contribution is 2.25. The fourth-order valence-electron chi connectivity index (χ4n) is 2.47. The molecule has 1 aromatic carbocycles. The molecule has 2 aromatic rings. The van der Waals surface area contributed by atoms with E-state index in [0.29, 0.717) is 24.2 Å². The van der Waals surface area contributed by atoms with Gasteiger partial charge in [0.25, 0.3) is 5.91 Å². The molecule has 4 nitrogen and oxygen atoms in total. The Morgan fingerprint density at radius 3 is 2.79 bits per heavy atom. The molecule has 1 amide bonds. The largest absolute Gasteiger partial charge is 0.318 e. The van der Waals surface area contributed by atoms with Crippen molar-refractivity contribution in [1.82, 2.24) is 10.3 Å². The zero-order valence-electron chi connectivity index (χ0n) is 13.4. The normalized spacial score (nSPS) is 12.8. The van der Waals surface area contributed by atoms with Gasteiger partial charge in [-0.25, -0.2) is 9.37 Å². The smallest absolute Gasteiger partial charge is 0.275 e. The van der Waals surface area contributed by atoms with Crippen LogP contribution in [-0.2, 0) is 13.0 Å². The van der Waals surface area contributed by atoms with Crippen molar-refractivity contribution in [2.24, 2.45) is 0 Å². The van der Waals surface area contributed by atoms with Gasteiger partial charge in [-0.1, -0.05) is 19.9 Å². The summed E-state index contributed by atoms with van der Waals surface area (Å²) in [6.07, 6.45) is 0.638. The third-order valence-electron chi connectivity index (χ3n) is 3.70. The Hall–Kier alpha value is -1.21. The summed E-state index contributed by atoms with van der Waals surface area (Å²) in [6.45, 7) is 5.48. The van der Waals surface area contributed by atoms with Gasteiger partial charge in [0.2, 0.25) is 0 Å². The number of fused-ring (bicyclic) bond motifs is 1. The monoisotopic (exact) mass is 391 g/mol. The first kappa shape index (κ1) is 20.8. The third kappa shape index (κ3) is 4.25. The van der Waals surface area contributed by atoms with Crippen LogP contribution in [0.15, 0.2) is 17.5 Å².